The van der Waals surface area contributed by atoms with Crippen molar-refractivity contribution in [1.82, 2.24) is 25.3 Å². The van der Waals surface area contributed by atoms with E-state index in [1.54, 1.807) is 0 Å². The molecular weight excluding hydrogens is 302 g/mol. The SMILES string of the molecule is Cl.O=C(c1n[nH]c2c1CNCC2)N1CCN(CC2CC2)CC1. The number of nitrogens with one attached hydrogen (secondary N) is 2. The monoisotopic (exact) mass is 325 g/mol. The summed E-state index contributed by atoms with van der Waals surface area (Å²) in [6.45, 7) is 6.63. The number of amides is 1. The Hall–Kier alpha value is -1.11. The Morgan fingerprint density at radius 1 is 1.23 bits per heavy atom. The van der Waals surface area contributed by atoms with Crippen molar-refractivity contribution in [2.45, 2.75) is 25.8 Å². The van der Waals surface area contributed by atoms with E-state index in [2.05, 4.69) is 20.4 Å². The molecule has 0 atom stereocenters. The van der Waals surface area contributed by atoms with Crippen molar-refractivity contribution in [3.05, 3.63) is 17.0 Å². The van der Waals surface area contributed by atoms with Crippen molar-refractivity contribution < 1.29 is 4.79 Å². The van der Waals surface area contributed by atoms with Crippen LogP contribution in [0.15, 0.2) is 0 Å². The summed E-state index contributed by atoms with van der Waals surface area (Å²) < 4.78 is 0. The largest absolute Gasteiger partial charge is 0.335 e. The number of halogens is 1. The van der Waals surface area contributed by atoms with Crippen molar-refractivity contribution in [2.24, 2.45) is 5.92 Å². The van der Waals surface area contributed by atoms with Gasteiger partial charge < -0.3 is 10.2 Å². The molecule has 2 N–H and O–H groups in total. The Bertz CT molecular complexity index is 534. The van der Waals surface area contributed by atoms with Gasteiger partial charge >= 0.3 is 0 Å². The predicted octanol–water partition coefficient (Wildman–Crippen LogP) is 0.645. The van der Waals surface area contributed by atoms with Gasteiger partial charge in [-0.2, -0.15) is 5.10 Å². The molecule has 1 saturated heterocycles. The summed E-state index contributed by atoms with van der Waals surface area (Å²) in [5.74, 6) is 1.03. The molecule has 22 heavy (non-hydrogen) atoms. The van der Waals surface area contributed by atoms with E-state index in [4.69, 9.17) is 0 Å². The number of H-pyrrole nitrogens is 1. The van der Waals surface area contributed by atoms with Gasteiger partial charge in [0.25, 0.3) is 5.91 Å². The molecule has 122 valence electrons. The highest BCUT2D eigenvalue weighted by molar-refractivity contribution is 5.94. The molecule has 0 aromatic carbocycles. The summed E-state index contributed by atoms with van der Waals surface area (Å²) in [5, 5.41) is 10.6. The molecule has 0 bridgehead atoms. The maximum Gasteiger partial charge on any atom is 0.274 e. The standard InChI is InChI=1S/C15H23N5O.ClH/c21-15(14-12-9-16-4-3-13(12)17-18-14)20-7-5-19(6-8-20)10-11-1-2-11;/h11,16H,1-10H2,(H,17,18);1H. The van der Waals surface area contributed by atoms with Gasteiger partial charge in [-0.1, -0.05) is 0 Å². The Morgan fingerprint density at radius 2 is 2.00 bits per heavy atom. The minimum Gasteiger partial charge on any atom is -0.335 e. The maximum absolute atomic E-state index is 12.7. The molecule has 0 unspecified atom stereocenters. The number of aromatic nitrogens is 2. The fraction of sp³-hybridized carbons (Fsp3) is 0.733. The minimum absolute atomic E-state index is 0. The van der Waals surface area contributed by atoms with E-state index in [9.17, 15) is 4.79 Å². The number of rotatable bonds is 3. The van der Waals surface area contributed by atoms with Gasteiger partial charge in [0.05, 0.1) is 0 Å². The van der Waals surface area contributed by atoms with Crippen LogP contribution in [0.3, 0.4) is 0 Å². The topological polar surface area (TPSA) is 64.3 Å². The lowest BCUT2D eigenvalue weighted by atomic mass is 10.1. The number of piperazine rings is 1. The van der Waals surface area contributed by atoms with Crippen LogP contribution in [0.25, 0.3) is 0 Å². The third kappa shape index (κ3) is 3.14. The van der Waals surface area contributed by atoms with Gasteiger partial charge in [0.2, 0.25) is 0 Å². The normalized spacial score (nSPS) is 22.1. The van der Waals surface area contributed by atoms with Crippen LogP contribution in [0.5, 0.6) is 0 Å². The number of hydrogen-bond acceptors (Lipinski definition) is 4. The molecule has 0 radical (unpaired) electrons. The van der Waals surface area contributed by atoms with Gasteiger partial charge in [-0.05, 0) is 18.8 Å². The first-order chi connectivity index (χ1) is 10.3. The summed E-state index contributed by atoms with van der Waals surface area (Å²) >= 11 is 0. The Morgan fingerprint density at radius 3 is 2.73 bits per heavy atom. The highest BCUT2D eigenvalue weighted by Gasteiger charge is 2.30. The smallest absolute Gasteiger partial charge is 0.274 e. The Balaban J connectivity index is 0.00000144. The van der Waals surface area contributed by atoms with Crippen LogP contribution in [0.2, 0.25) is 0 Å². The number of nitrogens with zero attached hydrogens (tertiary/aromatic N) is 3. The number of carbonyl (C=O) groups excluding carboxylic acids is 1. The number of fused-ring (bicyclic) bond motifs is 1. The van der Waals surface area contributed by atoms with Gasteiger partial charge in [0.1, 0.15) is 0 Å². The lowest BCUT2D eigenvalue weighted by Crippen LogP contribution is -2.49. The summed E-state index contributed by atoms with van der Waals surface area (Å²) in [7, 11) is 0. The highest BCUT2D eigenvalue weighted by atomic mass is 35.5. The van der Waals surface area contributed by atoms with Crippen molar-refractivity contribution in [3.63, 3.8) is 0 Å². The average molecular weight is 326 g/mol. The third-order valence-electron chi connectivity index (χ3n) is 4.88. The first-order valence-corrected chi connectivity index (χ1v) is 8.10. The summed E-state index contributed by atoms with van der Waals surface area (Å²) in [6, 6.07) is 0. The third-order valence-corrected chi connectivity index (χ3v) is 4.88. The second-order valence-corrected chi connectivity index (χ2v) is 6.49. The van der Waals surface area contributed by atoms with Crippen LogP contribution in [-0.2, 0) is 13.0 Å². The van der Waals surface area contributed by atoms with Crippen molar-refractivity contribution in [3.8, 4) is 0 Å². The van der Waals surface area contributed by atoms with E-state index >= 15 is 0 Å². The summed E-state index contributed by atoms with van der Waals surface area (Å²) in [5.41, 5.74) is 2.84. The van der Waals surface area contributed by atoms with Gasteiger partial charge in [-0.15, -0.1) is 12.4 Å². The molecule has 2 fully saturated rings. The second kappa shape index (κ2) is 6.56. The van der Waals surface area contributed by atoms with Crippen LogP contribution in [0.1, 0.15) is 34.6 Å². The van der Waals surface area contributed by atoms with E-state index in [0.717, 1.165) is 62.9 Å². The summed E-state index contributed by atoms with van der Waals surface area (Å²) in [4.78, 5) is 17.1. The van der Waals surface area contributed by atoms with Gasteiger partial charge in [0, 0.05) is 63.5 Å². The van der Waals surface area contributed by atoms with Crippen molar-refractivity contribution >= 4 is 18.3 Å². The highest BCUT2D eigenvalue weighted by Crippen LogP contribution is 2.30. The van der Waals surface area contributed by atoms with Crippen LogP contribution >= 0.6 is 12.4 Å². The van der Waals surface area contributed by atoms with E-state index in [1.807, 2.05) is 4.90 Å². The van der Waals surface area contributed by atoms with E-state index < -0.39 is 0 Å². The molecule has 1 aromatic heterocycles. The van der Waals surface area contributed by atoms with Gasteiger partial charge in [-0.3, -0.25) is 14.8 Å². The zero-order valence-corrected chi connectivity index (χ0v) is 13.6. The number of aromatic amines is 1. The van der Waals surface area contributed by atoms with Crippen LogP contribution < -0.4 is 5.32 Å². The zero-order chi connectivity index (χ0) is 14.2. The van der Waals surface area contributed by atoms with Crippen LogP contribution in [-0.4, -0.2) is 65.2 Å². The fourth-order valence-electron chi connectivity index (χ4n) is 3.35. The Labute approximate surface area is 137 Å². The molecule has 3 heterocycles. The molecule has 2 aliphatic heterocycles. The second-order valence-electron chi connectivity index (χ2n) is 6.49. The van der Waals surface area contributed by atoms with E-state index in [1.165, 1.54) is 19.4 Å². The molecular formula is C15H24ClN5O. The van der Waals surface area contributed by atoms with E-state index in [0.29, 0.717) is 5.69 Å². The number of hydrogen-bond donors (Lipinski definition) is 2. The molecule has 3 aliphatic rings. The first kappa shape index (κ1) is 15.8. The Kier molecular flexibility index (Phi) is 4.70. The lowest BCUT2D eigenvalue weighted by Gasteiger charge is -2.34. The molecule has 4 rings (SSSR count). The molecule has 6 nitrogen and oxygen atoms in total. The van der Waals surface area contributed by atoms with Crippen molar-refractivity contribution in [2.75, 3.05) is 39.3 Å². The zero-order valence-electron chi connectivity index (χ0n) is 12.8. The molecule has 0 spiro atoms. The molecule has 1 aromatic rings. The average Bonchev–Trinajstić information content (AvgIpc) is 3.23. The van der Waals surface area contributed by atoms with Crippen LogP contribution in [0, 0.1) is 5.92 Å². The lowest BCUT2D eigenvalue weighted by molar-refractivity contribution is 0.0625. The molecule has 1 aliphatic carbocycles. The van der Waals surface area contributed by atoms with Gasteiger partial charge in [0.15, 0.2) is 5.69 Å². The first-order valence-electron chi connectivity index (χ1n) is 8.10. The molecule has 1 saturated carbocycles. The van der Waals surface area contributed by atoms with Crippen LogP contribution in [0.4, 0.5) is 0 Å². The van der Waals surface area contributed by atoms with E-state index in [-0.39, 0.29) is 18.3 Å². The quantitative estimate of drug-likeness (QED) is 0.856. The summed E-state index contributed by atoms with van der Waals surface area (Å²) in [6.07, 6.45) is 3.72. The van der Waals surface area contributed by atoms with Gasteiger partial charge in [-0.25, -0.2) is 0 Å². The number of carbonyl (C=O) groups is 1. The van der Waals surface area contributed by atoms with Crippen molar-refractivity contribution in [1.29, 1.82) is 0 Å². The molecule has 7 heteroatoms. The predicted molar refractivity (Wildman–Crippen MR) is 86.3 cm³/mol. The molecule has 1 amide bonds. The minimum atomic E-state index is 0. The fourth-order valence-corrected chi connectivity index (χ4v) is 3.35. The maximum atomic E-state index is 12.7.